The van der Waals surface area contributed by atoms with Crippen LogP contribution in [0.3, 0.4) is 0 Å². The van der Waals surface area contributed by atoms with Crippen molar-refractivity contribution < 1.29 is 14.0 Å². The Kier molecular flexibility index (Phi) is 6.75. The molecule has 18 heavy (non-hydrogen) atoms. The number of carbonyl (C=O) groups is 1. The van der Waals surface area contributed by atoms with Crippen LogP contribution in [0.15, 0.2) is 0 Å². The molecule has 0 saturated heterocycles. The van der Waals surface area contributed by atoms with Crippen molar-refractivity contribution in [3.05, 3.63) is 0 Å². The Morgan fingerprint density at radius 2 is 1.78 bits per heavy atom. The van der Waals surface area contributed by atoms with Crippen LogP contribution in [0, 0.1) is 5.92 Å². The number of hydrogen-bond donors (Lipinski definition) is 0. The van der Waals surface area contributed by atoms with Gasteiger partial charge in [0.1, 0.15) is 5.78 Å². The van der Waals surface area contributed by atoms with Crippen LogP contribution in [0.5, 0.6) is 0 Å². The SMILES string of the molecule is CO[C@H](CCO[Si](C)(C)C(C)(C)C)[C@@H](C)C(C)=O. The van der Waals surface area contributed by atoms with Gasteiger partial charge in [0.05, 0.1) is 6.10 Å². The average Bonchev–Trinajstić information content (AvgIpc) is 2.21. The van der Waals surface area contributed by atoms with E-state index in [1.54, 1.807) is 14.0 Å². The highest BCUT2D eigenvalue weighted by Gasteiger charge is 2.37. The molecule has 0 aliphatic carbocycles. The van der Waals surface area contributed by atoms with Crippen molar-refractivity contribution in [2.24, 2.45) is 5.92 Å². The first-order valence-electron chi connectivity index (χ1n) is 6.70. The standard InChI is InChI=1S/C14H30O3Si/c1-11(12(2)15)13(16-6)9-10-17-18(7,8)14(3,4)5/h11,13H,9-10H2,1-8H3/t11-,13+/m0/s1. The Morgan fingerprint density at radius 1 is 1.28 bits per heavy atom. The molecule has 0 aromatic rings. The summed E-state index contributed by atoms with van der Waals surface area (Å²) < 4.78 is 11.5. The molecule has 0 spiro atoms. The third kappa shape index (κ3) is 5.20. The minimum atomic E-state index is -1.69. The summed E-state index contributed by atoms with van der Waals surface area (Å²) >= 11 is 0. The van der Waals surface area contributed by atoms with Gasteiger partial charge in [0.15, 0.2) is 8.32 Å². The van der Waals surface area contributed by atoms with Gasteiger partial charge in [-0.05, 0) is 31.5 Å². The largest absolute Gasteiger partial charge is 0.417 e. The van der Waals surface area contributed by atoms with Crippen molar-refractivity contribution in [1.82, 2.24) is 0 Å². The average molecular weight is 274 g/mol. The van der Waals surface area contributed by atoms with Gasteiger partial charge in [-0.15, -0.1) is 0 Å². The third-order valence-electron chi connectivity index (χ3n) is 4.17. The van der Waals surface area contributed by atoms with Gasteiger partial charge in [-0.3, -0.25) is 4.79 Å². The molecule has 0 fully saturated rings. The number of hydrogen-bond acceptors (Lipinski definition) is 3. The molecule has 0 aromatic heterocycles. The minimum Gasteiger partial charge on any atom is -0.417 e. The van der Waals surface area contributed by atoms with E-state index >= 15 is 0 Å². The van der Waals surface area contributed by atoms with Crippen molar-refractivity contribution >= 4 is 14.1 Å². The van der Waals surface area contributed by atoms with Gasteiger partial charge >= 0.3 is 0 Å². The van der Waals surface area contributed by atoms with E-state index in [0.29, 0.717) is 6.61 Å². The van der Waals surface area contributed by atoms with E-state index in [1.165, 1.54) is 0 Å². The summed E-state index contributed by atoms with van der Waals surface area (Å²) in [5.41, 5.74) is 0. The molecule has 0 aliphatic heterocycles. The van der Waals surface area contributed by atoms with Crippen LogP contribution in [0.25, 0.3) is 0 Å². The molecular formula is C14H30O3Si. The summed E-state index contributed by atoms with van der Waals surface area (Å²) in [5.74, 6) is 0.118. The first-order valence-corrected chi connectivity index (χ1v) is 9.61. The molecule has 0 amide bonds. The minimum absolute atomic E-state index is 0.0349. The summed E-state index contributed by atoms with van der Waals surface area (Å²) in [6.45, 7) is 15.4. The molecule has 0 N–H and O–H groups in total. The zero-order valence-corrected chi connectivity index (χ0v) is 14.3. The molecular weight excluding hydrogens is 244 g/mol. The summed E-state index contributed by atoms with van der Waals surface area (Å²) in [6, 6.07) is 0. The molecule has 3 nitrogen and oxygen atoms in total. The van der Waals surface area contributed by atoms with E-state index in [9.17, 15) is 4.79 Å². The molecule has 0 aliphatic rings. The maximum atomic E-state index is 11.4. The summed E-state index contributed by atoms with van der Waals surface area (Å²) in [5, 5.41) is 0.224. The Hall–Kier alpha value is -0.193. The predicted molar refractivity (Wildman–Crippen MR) is 78.4 cm³/mol. The van der Waals surface area contributed by atoms with Gasteiger partial charge in [-0.2, -0.15) is 0 Å². The molecule has 0 unspecified atom stereocenters. The first-order chi connectivity index (χ1) is 8.03. The molecule has 0 aromatic carbocycles. The number of carbonyl (C=O) groups excluding carboxylic acids is 1. The molecule has 0 bridgehead atoms. The fourth-order valence-corrected chi connectivity index (χ4v) is 2.54. The zero-order chi connectivity index (χ0) is 14.6. The maximum Gasteiger partial charge on any atom is 0.191 e. The highest BCUT2D eigenvalue weighted by molar-refractivity contribution is 6.74. The van der Waals surface area contributed by atoms with Crippen molar-refractivity contribution in [2.45, 2.75) is 65.3 Å². The fourth-order valence-electron chi connectivity index (χ4n) is 1.48. The van der Waals surface area contributed by atoms with Gasteiger partial charge in [-0.1, -0.05) is 27.7 Å². The molecule has 108 valence electrons. The molecule has 0 rings (SSSR count). The van der Waals surface area contributed by atoms with Crippen LogP contribution >= 0.6 is 0 Å². The molecule has 4 heteroatoms. The van der Waals surface area contributed by atoms with Crippen molar-refractivity contribution in [3.8, 4) is 0 Å². The van der Waals surface area contributed by atoms with Gasteiger partial charge in [-0.25, -0.2) is 0 Å². The van der Waals surface area contributed by atoms with Gasteiger partial charge in [0, 0.05) is 19.6 Å². The van der Waals surface area contributed by atoms with E-state index in [2.05, 4.69) is 33.9 Å². The lowest BCUT2D eigenvalue weighted by Gasteiger charge is -2.36. The second-order valence-electron chi connectivity index (χ2n) is 6.57. The number of ether oxygens (including phenoxy) is 1. The Labute approximate surface area is 113 Å². The number of ketones is 1. The van der Waals surface area contributed by atoms with E-state index in [0.717, 1.165) is 6.42 Å². The molecule has 2 atom stereocenters. The van der Waals surface area contributed by atoms with E-state index in [4.69, 9.17) is 9.16 Å². The van der Waals surface area contributed by atoms with Crippen LogP contribution in [-0.4, -0.2) is 33.9 Å². The zero-order valence-electron chi connectivity index (χ0n) is 13.3. The molecule has 0 heterocycles. The molecule has 0 saturated carbocycles. The van der Waals surface area contributed by atoms with Gasteiger partial charge < -0.3 is 9.16 Å². The normalized spacial score (nSPS) is 16.4. The lowest BCUT2D eigenvalue weighted by molar-refractivity contribution is -0.124. The lowest BCUT2D eigenvalue weighted by atomic mass is 9.98. The second-order valence-corrected chi connectivity index (χ2v) is 11.4. The number of methoxy groups -OCH3 is 1. The first kappa shape index (κ1) is 17.8. The van der Waals surface area contributed by atoms with Crippen LogP contribution < -0.4 is 0 Å². The highest BCUT2D eigenvalue weighted by Crippen LogP contribution is 2.36. The summed E-state index contributed by atoms with van der Waals surface area (Å²) in [4.78, 5) is 11.4. The highest BCUT2D eigenvalue weighted by atomic mass is 28.4. The number of Topliss-reactive ketones (excluding diaryl/α,β-unsaturated/α-hetero) is 1. The van der Waals surface area contributed by atoms with Crippen LogP contribution in [0.4, 0.5) is 0 Å². The quantitative estimate of drug-likeness (QED) is 0.665. The smallest absolute Gasteiger partial charge is 0.191 e. The summed E-state index contributed by atoms with van der Waals surface area (Å²) in [7, 11) is -0.0238. The summed E-state index contributed by atoms with van der Waals surface area (Å²) in [6.07, 6.45) is 0.747. The van der Waals surface area contributed by atoms with Crippen LogP contribution in [0.2, 0.25) is 18.1 Å². The fraction of sp³-hybridized carbons (Fsp3) is 0.929. The monoisotopic (exact) mass is 274 g/mol. The maximum absolute atomic E-state index is 11.4. The Balaban J connectivity index is 4.29. The van der Waals surface area contributed by atoms with Crippen molar-refractivity contribution in [3.63, 3.8) is 0 Å². The van der Waals surface area contributed by atoms with Gasteiger partial charge in [0.25, 0.3) is 0 Å². The van der Waals surface area contributed by atoms with Crippen molar-refractivity contribution in [1.29, 1.82) is 0 Å². The van der Waals surface area contributed by atoms with E-state index in [-0.39, 0.29) is 22.8 Å². The lowest BCUT2D eigenvalue weighted by Crippen LogP contribution is -2.41. The second kappa shape index (κ2) is 6.82. The van der Waals surface area contributed by atoms with Crippen LogP contribution in [0.1, 0.15) is 41.0 Å². The van der Waals surface area contributed by atoms with E-state index in [1.807, 2.05) is 6.92 Å². The van der Waals surface area contributed by atoms with Gasteiger partial charge in [0.2, 0.25) is 0 Å². The topological polar surface area (TPSA) is 35.5 Å². The molecule has 0 radical (unpaired) electrons. The van der Waals surface area contributed by atoms with E-state index < -0.39 is 8.32 Å². The Bertz CT molecular complexity index is 269. The van der Waals surface area contributed by atoms with Crippen LogP contribution in [-0.2, 0) is 14.0 Å². The third-order valence-corrected chi connectivity index (χ3v) is 8.71. The van der Waals surface area contributed by atoms with Crippen molar-refractivity contribution in [2.75, 3.05) is 13.7 Å². The Morgan fingerprint density at radius 3 is 2.11 bits per heavy atom. The predicted octanol–water partition coefficient (Wildman–Crippen LogP) is 3.64. The number of rotatable bonds is 7.